The van der Waals surface area contributed by atoms with Crippen LogP contribution in [0.15, 0.2) is 23.8 Å². The SMILES string of the molecule is C/C=C/C(=O)[C@@H]1CC[C@H](C(C)(C)C)C=C1C. The third-order valence-corrected chi connectivity index (χ3v) is 3.57. The van der Waals surface area contributed by atoms with Crippen LogP contribution in [0.25, 0.3) is 0 Å². The summed E-state index contributed by atoms with van der Waals surface area (Å²) in [7, 11) is 0. The van der Waals surface area contributed by atoms with Gasteiger partial charge in [-0.1, -0.05) is 38.5 Å². The van der Waals surface area contributed by atoms with Crippen molar-refractivity contribution in [2.45, 2.75) is 47.5 Å². The zero-order chi connectivity index (χ0) is 12.3. The molecule has 2 atom stereocenters. The summed E-state index contributed by atoms with van der Waals surface area (Å²) < 4.78 is 0. The summed E-state index contributed by atoms with van der Waals surface area (Å²) in [6.45, 7) is 10.8. The molecule has 1 heteroatoms. The van der Waals surface area contributed by atoms with Gasteiger partial charge in [-0.2, -0.15) is 0 Å². The molecule has 1 rings (SSSR count). The summed E-state index contributed by atoms with van der Waals surface area (Å²) in [5.74, 6) is 1.01. The Labute approximate surface area is 99.6 Å². The van der Waals surface area contributed by atoms with Crippen molar-refractivity contribution in [1.82, 2.24) is 0 Å². The first-order valence-electron chi connectivity index (χ1n) is 6.21. The maximum Gasteiger partial charge on any atom is 0.162 e. The molecule has 0 fully saturated rings. The second kappa shape index (κ2) is 4.99. The van der Waals surface area contributed by atoms with E-state index < -0.39 is 0 Å². The molecule has 0 radical (unpaired) electrons. The van der Waals surface area contributed by atoms with E-state index in [1.165, 1.54) is 5.57 Å². The van der Waals surface area contributed by atoms with Crippen molar-refractivity contribution in [2.24, 2.45) is 17.3 Å². The molecule has 90 valence electrons. The van der Waals surface area contributed by atoms with Crippen LogP contribution < -0.4 is 0 Å². The lowest BCUT2D eigenvalue weighted by Gasteiger charge is -2.34. The highest BCUT2D eigenvalue weighted by Gasteiger charge is 2.30. The van der Waals surface area contributed by atoms with Crippen LogP contribution in [0.4, 0.5) is 0 Å². The Morgan fingerprint density at radius 2 is 2.00 bits per heavy atom. The molecule has 0 N–H and O–H groups in total. The Hall–Kier alpha value is -0.850. The van der Waals surface area contributed by atoms with E-state index in [2.05, 4.69) is 33.8 Å². The highest BCUT2D eigenvalue weighted by molar-refractivity contribution is 5.93. The molecule has 0 saturated heterocycles. The first-order chi connectivity index (χ1) is 7.36. The number of ketones is 1. The van der Waals surface area contributed by atoms with Gasteiger partial charge in [0, 0.05) is 5.92 Å². The van der Waals surface area contributed by atoms with Crippen LogP contribution in [-0.2, 0) is 4.79 Å². The van der Waals surface area contributed by atoms with E-state index in [9.17, 15) is 4.79 Å². The number of carbonyl (C=O) groups excluding carboxylic acids is 1. The van der Waals surface area contributed by atoms with Gasteiger partial charge in [-0.3, -0.25) is 4.79 Å². The molecule has 0 aromatic carbocycles. The molecule has 0 aliphatic heterocycles. The van der Waals surface area contributed by atoms with Gasteiger partial charge in [0.1, 0.15) is 0 Å². The minimum atomic E-state index is 0.134. The normalized spacial score (nSPS) is 26.9. The standard InChI is InChI=1S/C15H24O/c1-6-7-14(16)13-9-8-12(10-11(13)2)15(3,4)5/h6-7,10,12-13H,8-9H2,1-5H3/b7-6+/t12-,13+/m0/s1. The summed E-state index contributed by atoms with van der Waals surface area (Å²) in [6, 6.07) is 0. The van der Waals surface area contributed by atoms with Crippen molar-refractivity contribution in [3.63, 3.8) is 0 Å². The van der Waals surface area contributed by atoms with Crippen molar-refractivity contribution in [2.75, 3.05) is 0 Å². The Morgan fingerprint density at radius 1 is 1.38 bits per heavy atom. The molecule has 0 aromatic rings. The topological polar surface area (TPSA) is 17.1 Å². The fraction of sp³-hybridized carbons (Fsp3) is 0.667. The molecule has 1 aliphatic rings. The van der Waals surface area contributed by atoms with Crippen LogP contribution >= 0.6 is 0 Å². The lowest BCUT2D eigenvalue weighted by molar-refractivity contribution is -0.117. The van der Waals surface area contributed by atoms with Crippen molar-refractivity contribution >= 4 is 5.78 Å². The fourth-order valence-electron chi connectivity index (χ4n) is 2.42. The second-order valence-electron chi connectivity index (χ2n) is 5.92. The number of carbonyl (C=O) groups is 1. The first kappa shape index (κ1) is 13.2. The van der Waals surface area contributed by atoms with Gasteiger partial charge in [-0.15, -0.1) is 0 Å². The van der Waals surface area contributed by atoms with Crippen LogP contribution in [0.5, 0.6) is 0 Å². The van der Waals surface area contributed by atoms with E-state index in [-0.39, 0.29) is 11.7 Å². The van der Waals surface area contributed by atoms with E-state index in [0.717, 1.165) is 12.8 Å². The van der Waals surface area contributed by atoms with Crippen LogP contribution in [-0.4, -0.2) is 5.78 Å². The summed E-state index contributed by atoms with van der Waals surface area (Å²) in [4.78, 5) is 11.8. The number of rotatable bonds is 2. The van der Waals surface area contributed by atoms with Crippen molar-refractivity contribution in [3.8, 4) is 0 Å². The molecular weight excluding hydrogens is 196 g/mol. The average molecular weight is 220 g/mol. The third kappa shape index (κ3) is 3.07. The molecule has 0 amide bonds. The highest BCUT2D eigenvalue weighted by atomic mass is 16.1. The van der Waals surface area contributed by atoms with Gasteiger partial charge in [-0.05, 0) is 44.1 Å². The predicted octanol–water partition coefficient (Wildman–Crippen LogP) is 4.15. The minimum Gasteiger partial charge on any atom is -0.294 e. The molecule has 1 nitrogen and oxygen atoms in total. The Balaban J connectivity index is 2.81. The van der Waals surface area contributed by atoms with Crippen LogP contribution in [0.2, 0.25) is 0 Å². The number of hydrogen-bond acceptors (Lipinski definition) is 1. The summed E-state index contributed by atoms with van der Waals surface area (Å²) in [5, 5.41) is 0. The third-order valence-electron chi connectivity index (χ3n) is 3.57. The second-order valence-corrected chi connectivity index (χ2v) is 5.92. The largest absolute Gasteiger partial charge is 0.294 e. The zero-order valence-electron chi connectivity index (χ0n) is 11.2. The van der Waals surface area contributed by atoms with E-state index >= 15 is 0 Å². The smallest absolute Gasteiger partial charge is 0.162 e. The Morgan fingerprint density at radius 3 is 2.44 bits per heavy atom. The summed E-state index contributed by atoms with van der Waals surface area (Å²) in [5.41, 5.74) is 1.57. The molecule has 0 unspecified atom stereocenters. The maximum absolute atomic E-state index is 11.8. The van der Waals surface area contributed by atoms with Gasteiger partial charge in [0.25, 0.3) is 0 Å². The quantitative estimate of drug-likeness (QED) is 0.504. The van der Waals surface area contributed by atoms with Gasteiger partial charge < -0.3 is 0 Å². The van der Waals surface area contributed by atoms with Gasteiger partial charge in [0.15, 0.2) is 5.78 Å². The Kier molecular flexibility index (Phi) is 4.12. The molecular formula is C15H24O. The van der Waals surface area contributed by atoms with E-state index in [1.807, 2.05) is 13.0 Å². The van der Waals surface area contributed by atoms with Crippen LogP contribution in [0.3, 0.4) is 0 Å². The average Bonchev–Trinajstić information content (AvgIpc) is 2.16. The number of allylic oxidation sites excluding steroid dienone is 4. The van der Waals surface area contributed by atoms with Gasteiger partial charge >= 0.3 is 0 Å². The zero-order valence-corrected chi connectivity index (χ0v) is 11.2. The molecule has 0 aromatic heterocycles. The van der Waals surface area contributed by atoms with Crippen molar-refractivity contribution in [3.05, 3.63) is 23.8 Å². The molecule has 0 heterocycles. The van der Waals surface area contributed by atoms with E-state index in [0.29, 0.717) is 11.3 Å². The van der Waals surface area contributed by atoms with Crippen molar-refractivity contribution < 1.29 is 4.79 Å². The van der Waals surface area contributed by atoms with Crippen molar-refractivity contribution in [1.29, 1.82) is 0 Å². The van der Waals surface area contributed by atoms with Crippen LogP contribution in [0.1, 0.15) is 47.5 Å². The van der Waals surface area contributed by atoms with Gasteiger partial charge in [0.2, 0.25) is 0 Å². The number of hydrogen-bond donors (Lipinski definition) is 0. The molecule has 0 saturated carbocycles. The highest BCUT2D eigenvalue weighted by Crippen LogP contribution is 2.38. The lowest BCUT2D eigenvalue weighted by atomic mass is 9.70. The molecule has 0 bridgehead atoms. The fourth-order valence-corrected chi connectivity index (χ4v) is 2.42. The van der Waals surface area contributed by atoms with Gasteiger partial charge in [-0.25, -0.2) is 0 Å². The molecule has 16 heavy (non-hydrogen) atoms. The summed E-state index contributed by atoms with van der Waals surface area (Å²) in [6.07, 6.45) is 8.00. The van der Waals surface area contributed by atoms with E-state index in [4.69, 9.17) is 0 Å². The predicted molar refractivity (Wildman–Crippen MR) is 69.2 cm³/mol. The summed E-state index contributed by atoms with van der Waals surface area (Å²) >= 11 is 0. The van der Waals surface area contributed by atoms with E-state index in [1.54, 1.807) is 6.08 Å². The monoisotopic (exact) mass is 220 g/mol. The minimum absolute atomic E-state index is 0.134. The first-order valence-corrected chi connectivity index (χ1v) is 6.21. The lowest BCUT2D eigenvalue weighted by Crippen LogP contribution is -2.26. The molecule has 1 aliphatic carbocycles. The molecule has 0 spiro atoms. The van der Waals surface area contributed by atoms with Crippen LogP contribution in [0, 0.1) is 17.3 Å². The van der Waals surface area contributed by atoms with Gasteiger partial charge in [0.05, 0.1) is 0 Å². The Bertz CT molecular complexity index is 315. The maximum atomic E-state index is 11.8.